The van der Waals surface area contributed by atoms with Gasteiger partial charge in [0, 0.05) is 23.2 Å². The Balaban J connectivity index is 2.14. The molecule has 1 heterocycles. The average molecular weight is 303 g/mol. The monoisotopic (exact) mass is 303 g/mol. The van der Waals surface area contributed by atoms with Gasteiger partial charge in [-0.3, -0.25) is 0 Å². The van der Waals surface area contributed by atoms with E-state index in [1.165, 1.54) is 11.3 Å². The summed E-state index contributed by atoms with van der Waals surface area (Å²) >= 11 is 1.49. The summed E-state index contributed by atoms with van der Waals surface area (Å²) in [5.74, 6) is -1.47. The molecule has 0 unspecified atom stereocenters. The van der Waals surface area contributed by atoms with E-state index in [0.29, 0.717) is 12.2 Å². The van der Waals surface area contributed by atoms with Crippen LogP contribution in [0.15, 0.2) is 18.3 Å². The molecule has 3 N–H and O–H groups in total. The smallest absolute Gasteiger partial charge is 0.387 e. The molecule has 0 fully saturated rings. The SMILES string of the molecule is Cc1ncc(CNc2cc(OC(F)F)c(F)cc2N)s1. The second-order valence-electron chi connectivity index (χ2n) is 3.95. The number of aromatic nitrogens is 1. The van der Waals surface area contributed by atoms with Crippen molar-refractivity contribution in [1.29, 1.82) is 0 Å². The number of alkyl halides is 2. The van der Waals surface area contributed by atoms with Crippen LogP contribution in [-0.2, 0) is 6.54 Å². The number of benzene rings is 1. The molecule has 8 heteroatoms. The number of nitrogens with zero attached hydrogens (tertiary/aromatic N) is 1. The molecule has 0 spiro atoms. The highest BCUT2D eigenvalue weighted by Crippen LogP contribution is 2.29. The molecule has 108 valence electrons. The molecule has 1 aromatic heterocycles. The molecule has 0 atom stereocenters. The molecule has 0 saturated heterocycles. The number of ether oxygens (including phenoxy) is 1. The van der Waals surface area contributed by atoms with Crippen molar-refractivity contribution in [2.45, 2.75) is 20.1 Å². The van der Waals surface area contributed by atoms with E-state index in [-0.39, 0.29) is 5.69 Å². The normalized spacial score (nSPS) is 10.8. The third kappa shape index (κ3) is 3.53. The molecular weight excluding hydrogens is 291 g/mol. The van der Waals surface area contributed by atoms with Crippen molar-refractivity contribution in [3.8, 4) is 5.75 Å². The number of nitrogens with one attached hydrogen (secondary N) is 1. The summed E-state index contributed by atoms with van der Waals surface area (Å²) in [6.45, 7) is -0.810. The Morgan fingerprint density at radius 1 is 1.45 bits per heavy atom. The lowest BCUT2D eigenvalue weighted by molar-refractivity contribution is -0.0521. The lowest BCUT2D eigenvalue weighted by atomic mass is 10.2. The van der Waals surface area contributed by atoms with Gasteiger partial charge in [-0.1, -0.05) is 0 Å². The van der Waals surface area contributed by atoms with Crippen LogP contribution in [0, 0.1) is 12.7 Å². The highest BCUT2D eigenvalue weighted by atomic mass is 32.1. The summed E-state index contributed by atoms with van der Waals surface area (Å²) in [6.07, 6.45) is 1.70. The maximum Gasteiger partial charge on any atom is 0.387 e. The average Bonchev–Trinajstić information content (AvgIpc) is 2.76. The molecule has 0 aliphatic carbocycles. The molecule has 0 bridgehead atoms. The summed E-state index contributed by atoms with van der Waals surface area (Å²) < 4.78 is 41.7. The van der Waals surface area contributed by atoms with Gasteiger partial charge in [-0.05, 0) is 6.92 Å². The molecule has 4 nitrogen and oxygen atoms in total. The lowest BCUT2D eigenvalue weighted by Crippen LogP contribution is -2.07. The maximum absolute atomic E-state index is 13.4. The molecule has 20 heavy (non-hydrogen) atoms. The lowest BCUT2D eigenvalue weighted by Gasteiger charge is -2.12. The Hall–Kier alpha value is -1.96. The van der Waals surface area contributed by atoms with Crippen molar-refractivity contribution in [2.75, 3.05) is 11.1 Å². The standard InChI is InChI=1S/C12H12F3N3OS/c1-6-17-4-7(20-6)5-18-10-3-11(19-12(14)15)8(13)2-9(10)16/h2-4,12,18H,5,16H2,1H3. The molecule has 0 radical (unpaired) electrons. The van der Waals surface area contributed by atoms with Gasteiger partial charge >= 0.3 is 6.61 Å². The van der Waals surface area contributed by atoms with Crippen LogP contribution in [0.1, 0.15) is 9.88 Å². The fourth-order valence-corrected chi connectivity index (χ4v) is 2.31. The zero-order valence-electron chi connectivity index (χ0n) is 10.5. The maximum atomic E-state index is 13.4. The summed E-state index contributed by atoms with van der Waals surface area (Å²) in [5, 5.41) is 3.85. The van der Waals surface area contributed by atoms with E-state index >= 15 is 0 Å². The minimum absolute atomic E-state index is 0.116. The predicted octanol–water partition coefficient (Wildman–Crippen LogP) is 3.39. The third-order valence-corrected chi connectivity index (χ3v) is 3.36. The number of anilines is 2. The van der Waals surface area contributed by atoms with Crippen LogP contribution in [-0.4, -0.2) is 11.6 Å². The second kappa shape index (κ2) is 6.00. The van der Waals surface area contributed by atoms with Gasteiger partial charge in [0.15, 0.2) is 11.6 Å². The van der Waals surface area contributed by atoms with Gasteiger partial charge in [-0.15, -0.1) is 11.3 Å². The fraction of sp³-hybridized carbons (Fsp3) is 0.250. The van der Waals surface area contributed by atoms with Crippen LogP contribution >= 0.6 is 11.3 Å². The largest absolute Gasteiger partial charge is 0.432 e. The van der Waals surface area contributed by atoms with Gasteiger partial charge in [0.1, 0.15) is 0 Å². The van der Waals surface area contributed by atoms with Crippen molar-refractivity contribution in [1.82, 2.24) is 4.98 Å². The molecule has 2 rings (SSSR count). The van der Waals surface area contributed by atoms with E-state index in [9.17, 15) is 13.2 Å². The third-order valence-electron chi connectivity index (χ3n) is 2.44. The van der Waals surface area contributed by atoms with Crippen molar-refractivity contribution >= 4 is 22.7 Å². The Bertz CT molecular complexity index is 604. The van der Waals surface area contributed by atoms with E-state index in [1.54, 1.807) is 6.20 Å². The number of hydrogen-bond donors (Lipinski definition) is 2. The topological polar surface area (TPSA) is 60.2 Å². The van der Waals surface area contributed by atoms with Gasteiger partial charge < -0.3 is 15.8 Å². The first-order valence-corrected chi connectivity index (χ1v) is 6.46. The van der Waals surface area contributed by atoms with Gasteiger partial charge in [0.25, 0.3) is 0 Å². The molecule has 0 saturated carbocycles. The second-order valence-corrected chi connectivity index (χ2v) is 5.27. The summed E-state index contributed by atoms with van der Waals surface area (Å²) in [5.41, 5.74) is 6.08. The number of thiazole rings is 1. The minimum atomic E-state index is -3.09. The molecular formula is C12H12F3N3OS. The number of rotatable bonds is 5. The van der Waals surface area contributed by atoms with E-state index in [1.807, 2.05) is 6.92 Å². The Morgan fingerprint density at radius 3 is 2.80 bits per heavy atom. The van der Waals surface area contributed by atoms with Crippen LogP contribution in [0.25, 0.3) is 0 Å². The van der Waals surface area contributed by atoms with E-state index in [0.717, 1.165) is 22.0 Å². The van der Waals surface area contributed by atoms with Crippen LogP contribution in [0.2, 0.25) is 0 Å². The first-order chi connectivity index (χ1) is 9.45. The van der Waals surface area contributed by atoms with Crippen LogP contribution in [0.4, 0.5) is 24.5 Å². The Kier molecular flexibility index (Phi) is 4.33. The van der Waals surface area contributed by atoms with Crippen LogP contribution in [0.5, 0.6) is 5.75 Å². The van der Waals surface area contributed by atoms with Crippen LogP contribution in [0.3, 0.4) is 0 Å². The van der Waals surface area contributed by atoms with Crippen molar-refractivity contribution in [2.24, 2.45) is 0 Å². The number of halogens is 3. The Morgan fingerprint density at radius 2 is 2.20 bits per heavy atom. The van der Waals surface area contributed by atoms with Gasteiger partial charge in [0.05, 0.1) is 22.9 Å². The number of nitrogens with two attached hydrogens (primary N) is 1. The van der Waals surface area contributed by atoms with Crippen molar-refractivity contribution in [3.05, 3.63) is 34.0 Å². The highest BCUT2D eigenvalue weighted by Gasteiger charge is 2.13. The molecule has 0 aliphatic heterocycles. The first kappa shape index (κ1) is 14.4. The summed E-state index contributed by atoms with van der Waals surface area (Å²) in [6, 6.07) is 2.06. The number of nitrogen functional groups attached to an aromatic ring is 1. The fourth-order valence-electron chi connectivity index (χ4n) is 1.58. The van der Waals surface area contributed by atoms with Crippen LogP contribution < -0.4 is 15.8 Å². The number of aryl methyl sites for hydroxylation is 1. The van der Waals surface area contributed by atoms with E-state index in [4.69, 9.17) is 5.73 Å². The molecule has 1 aromatic carbocycles. The van der Waals surface area contributed by atoms with Gasteiger partial charge in [-0.2, -0.15) is 8.78 Å². The number of hydrogen-bond acceptors (Lipinski definition) is 5. The highest BCUT2D eigenvalue weighted by molar-refractivity contribution is 7.11. The summed E-state index contributed by atoms with van der Waals surface area (Å²) in [7, 11) is 0. The van der Waals surface area contributed by atoms with E-state index < -0.39 is 18.2 Å². The molecule has 0 amide bonds. The summed E-state index contributed by atoms with van der Waals surface area (Å²) in [4.78, 5) is 5.03. The minimum Gasteiger partial charge on any atom is -0.432 e. The Labute approximate surface area is 117 Å². The first-order valence-electron chi connectivity index (χ1n) is 5.64. The quantitative estimate of drug-likeness (QED) is 0.831. The van der Waals surface area contributed by atoms with Gasteiger partial charge in [0.2, 0.25) is 0 Å². The molecule has 0 aliphatic rings. The van der Waals surface area contributed by atoms with Crippen molar-refractivity contribution < 1.29 is 17.9 Å². The van der Waals surface area contributed by atoms with Gasteiger partial charge in [-0.25, -0.2) is 9.37 Å². The zero-order chi connectivity index (χ0) is 14.7. The van der Waals surface area contributed by atoms with Crippen molar-refractivity contribution in [3.63, 3.8) is 0 Å². The van der Waals surface area contributed by atoms with E-state index in [2.05, 4.69) is 15.0 Å². The molecule has 2 aromatic rings. The zero-order valence-corrected chi connectivity index (χ0v) is 11.3. The predicted molar refractivity (Wildman–Crippen MR) is 71.6 cm³/mol.